The highest BCUT2D eigenvalue weighted by atomic mass is 16.5. The molecule has 2 aliphatic heterocycles. The van der Waals surface area contributed by atoms with Crippen LogP contribution >= 0.6 is 0 Å². The van der Waals surface area contributed by atoms with Gasteiger partial charge < -0.3 is 9.72 Å². The van der Waals surface area contributed by atoms with Gasteiger partial charge in [-0.25, -0.2) is 4.98 Å². The Labute approximate surface area is 112 Å². The standard InChI is InChI=1S/C15H20N2O2/c18-14-8-12(9-3-1-2-4-9)16-15(17-14)11-7-10-5-6-13(11)19-10/h8-11,13H,1-7H2,(H,16,17,18). The van der Waals surface area contributed by atoms with E-state index >= 15 is 0 Å². The molecule has 1 aromatic rings. The molecule has 0 aromatic carbocycles. The number of fused-ring (bicyclic) bond motifs is 2. The molecule has 1 aliphatic carbocycles. The van der Waals surface area contributed by atoms with E-state index in [2.05, 4.69) is 4.98 Å². The van der Waals surface area contributed by atoms with Gasteiger partial charge in [0.25, 0.3) is 5.56 Å². The number of aromatic nitrogens is 2. The summed E-state index contributed by atoms with van der Waals surface area (Å²) in [5.41, 5.74) is 1.02. The van der Waals surface area contributed by atoms with Crippen molar-refractivity contribution in [2.75, 3.05) is 0 Å². The van der Waals surface area contributed by atoms with Crippen LogP contribution in [0.15, 0.2) is 10.9 Å². The van der Waals surface area contributed by atoms with Crippen LogP contribution in [0.2, 0.25) is 0 Å². The molecule has 3 aliphatic rings. The molecule has 0 spiro atoms. The van der Waals surface area contributed by atoms with Crippen LogP contribution in [0.1, 0.15) is 68.3 Å². The molecule has 1 N–H and O–H groups in total. The number of hydrogen-bond donors (Lipinski definition) is 1. The second-order valence-corrected chi connectivity index (χ2v) is 6.25. The summed E-state index contributed by atoms with van der Waals surface area (Å²) in [6.07, 6.45) is 8.91. The number of hydrogen-bond acceptors (Lipinski definition) is 3. The molecule has 2 saturated heterocycles. The highest BCUT2D eigenvalue weighted by Gasteiger charge is 2.42. The fourth-order valence-corrected chi connectivity index (χ4v) is 4.03. The first-order chi connectivity index (χ1) is 9.29. The topological polar surface area (TPSA) is 55.0 Å². The van der Waals surface area contributed by atoms with Gasteiger partial charge in [0.05, 0.1) is 17.9 Å². The van der Waals surface area contributed by atoms with Crippen LogP contribution in [0.3, 0.4) is 0 Å². The largest absolute Gasteiger partial charge is 0.374 e. The number of H-pyrrole nitrogens is 1. The predicted molar refractivity (Wildman–Crippen MR) is 71.3 cm³/mol. The molecule has 3 heterocycles. The third-order valence-electron chi connectivity index (χ3n) is 5.01. The van der Waals surface area contributed by atoms with Crippen LogP contribution in [-0.4, -0.2) is 22.2 Å². The molecule has 0 radical (unpaired) electrons. The summed E-state index contributed by atoms with van der Waals surface area (Å²) >= 11 is 0. The van der Waals surface area contributed by atoms with Crippen molar-refractivity contribution in [1.29, 1.82) is 0 Å². The minimum Gasteiger partial charge on any atom is -0.374 e. The lowest BCUT2D eigenvalue weighted by Gasteiger charge is -2.19. The molecular weight excluding hydrogens is 240 g/mol. The van der Waals surface area contributed by atoms with Crippen LogP contribution in [0.4, 0.5) is 0 Å². The van der Waals surface area contributed by atoms with E-state index < -0.39 is 0 Å². The van der Waals surface area contributed by atoms with Gasteiger partial charge in [0.2, 0.25) is 0 Å². The maximum atomic E-state index is 11.9. The molecule has 4 nitrogen and oxygen atoms in total. The molecule has 3 fully saturated rings. The molecule has 3 atom stereocenters. The zero-order valence-electron chi connectivity index (χ0n) is 11.1. The number of nitrogens with one attached hydrogen (secondary N) is 1. The van der Waals surface area contributed by atoms with E-state index in [1.807, 2.05) is 0 Å². The molecule has 4 heteroatoms. The van der Waals surface area contributed by atoms with Crippen molar-refractivity contribution in [2.45, 2.75) is 69.0 Å². The van der Waals surface area contributed by atoms with Gasteiger partial charge in [0.15, 0.2) is 0 Å². The van der Waals surface area contributed by atoms with Crippen LogP contribution in [0.25, 0.3) is 0 Å². The summed E-state index contributed by atoms with van der Waals surface area (Å²) in [4.78, 5) is 19.6. The summed E-state index contributed by atoms with van der Waals surface area (Å²) < 4.78 is 5.88. The smallest absolute Gasteiger partial charge is 0.251 e. The lowest BCUT2D eigenvalue weighted by molar-refractivity contribution is 0.0998. The minimum absolute atomic E-state index is 0.00896. The first-order valence-corrected chi connectivity index (χ1v) is 7.56. The fourth-order valence-electron chi connectivity index (χ4n) is 4.03. The first kappa shape index (κ1) is 11.6. The van der Waals surface area contributed by atoms with E-state index in [9.17, 15) is 4.79 Å². The van der Waals surface area contributed by atoms with Crippen LogP contribution < -0.4 is 5.56 Å². The van der Waals surface area contributed by atoms with E-state index in [1.54, 1.807) is 6.07 Å². The van der Waals surface area contributed by atoms with Crippen molar-refractivity contribution in [2.24, 2.45) is 0 Å². The molecule has 0 amide bonds. The molecule has 1 saturated carbocycles. The predicted octanol–water partition coefficient (Wildman–Crippen LogP) is 2.46. The highest BCUT2D eigenvalue weighted by molar-refractivity contribution is 5.15. The minimum atomic E-state index is 0.00896. The van der Waals surface area contributed by atoms with Gasteiger partial charge in [-0.1, -0.05) is 12.8 Å². The van der Waals surface area contributed by atoms with E-state index in [0.29, 0.717) is 17.9 Å². The van der Waals surface area contributed by atoms with E-state index in [4.69, 9.17) is 9.72 Å². The normalized spacial score (nSPS) is 34.2. The number of nitrogens with zero attached hydrogens (tertiary/aromatic N) is 1. The molecule has 3 unspecified atom stereocenters. The monoisotopic (exact) mass is 260 g/mol. The van der Waals surface area contributed by atoms with Crippen molar-refractivity contribution < 1.29 is 4.74 Å². The fraction of sp³-hybridized carbons (Fsp3) is 0.733. The Bertz CT molecular complexity index is 533. The van der Waals surface area contributed by atoms with Crippen LogP contribution in [-0.2, 0) is 4.74 Å². The zero-order valence-corrected chi connectivity index (χ0v) is 11.1. The van der Waals surface area contributed by atoms with Gasteiger partial charge >= 0.3 is 0 Å². The van der Waals surface area contributed by atoms with Gasteiger partial charge in [0, 0.05) is 17.9 Å². The van der Waals surface area contributed by atoms with Gasteiger partial charge in [-0.15, -0.1) is 0 Å². The van der Waals surface area contributed by atoms with Crippen molar-refractivity contribution >= 4 is 0 Å². The maximum Gasteiger partial charge on any atom is 0.251 e. The summed E-state index contributed by atoms with van der Waals surface area (Å²) in [5.74, 6) is 1.69. The summed E-state index contributed by atoms with van der Waals surface area (Å²) in [7, 11) is 0. The Morgan fingerprint density at radius 3 is 2.74 bits per heavy atom. The Balaban J connectivity index is 1.66. The average molecular weight is 260 g/mol. The van der Waals surface area contributed by atoms with E-state index in [0.717, 1.165) is 24.4 Å². The lowest BCUT2D eigenvalue weighted by Crippen LogP contribution is -2.22. The quantitative estimate of drug-likeness (QED) is 0.888. The number of ether oxygens (including phenoxy) is 1. The third kappa shape index (κ3) is 2.02. The van der Waals surface area contributed by atoms with Crippen molar-refractivity contribution in [3.8, 4) is 0 Å². The summed E-state index contributed by atoms with van der Waals surface area (Å²) in [6, 6.07) is 1.70. The van der Waals surface area contributed by atoms with E-state index in [-0.39, 0.29) is 11.7 Å². The molecule has 102 valence electrons. The lowest BCUT2D eigenvalue weighted by atomic mass is 9.88. The zero-order chi connectivity index (χ0) is 12.8. The Morgan fingerprint density at radius 2 is 2.05 bits per heavy atom. The number of aromatic amines is 1. The third-order valence-corrected chi connectivity index (χ3v) is 5.01. The Morgan fingerprint density at radius 1 is 1.21 bits per heavy atom. The van der Waals surface area contributed by atoms with Crippen LogP contribution in [0.5, 0.6) is 0 Å². The SMILES string of the molecule is O=c1cc(C2CCCC2)nc(C2CC3CCC2O3)[nH]1. The maximum absolute atomic E-state index is 11.9. The van der Waals surface area contributed by atoms with Gasteiger partial charge in [0.1, 0.15) is 5.82 Å². The van der Waals surface area contributed by atoms with Crippen molar-refractivity contribution in [3.05, 3.63) is 27.9 Å². The molecular formula is C15H20N2O2. The molecule has 2 bridgehead atoms. The highest BCUT2D eigenvalue weighted by Crippen LogP contribution is 2.43. The molecule has 19 heavy (non-hydrogen) atoms. The van der Waals surface area contributed by atoms with Gasteiger partial charge in [-0.3, -0.25) is 4.79 Å². The Hall–Kier alpha value is -1.16. The van der Waals surface area contributed by atoms with Crippen molar-refractivity contribution in [3.63, 3.8) is 0 Å². The average Bonchev–Trinajstić information content (AvgIpc) is 3.15. The van der Waals surface area contributed by atoms with Gasteiger partial charge in [-0.2, -0.15) is 0 Å². The number of rotatable bonds is 2. The van der Waals surface area contributed by atoms with Gasteiger partial charge in [-0.05, 0) is 32.1 Å². The molecule has 1 aromatic heterocycles. The van der Waals surface area contributed by atoms with E-state index in [1.165, 1.54) is 32.1 Å². The van der Waals surface area contributed by atoms with Crippen LogP contribution in [0, 0.1) is 0 Å². The van der Waals surface area contributed by atoms with Crippen molar-refractivity contribution in [1.82, 2.24) is 9.97 Å². The summed E-state index contributed by atoms with van der Waals surface area (Å²) in [6.45, 7) is 0. The second-order valence-electron chi connectivity index (χ2n) is 6.25. The molecule has 4 rings (SSSR count). The first-order valence-electron chi connectivity index (χ1n) is 7.56. The Kier molecular flexibility index (Phi) is 2.72. The summed E-state index contributed by atoms with van der Waals surface area (Å²) in [5, 5.41) is 0. The second kappa shape index (κ2) is 4.44.